The van der Waals surface area contributed by atoms with E-state index in [0.29, 0.717) is 23.2 Å². The highest BCUT2D eigenvalue weighted by Crippen LogP contribution is 2.13. The van der Waals surface area contributed by atoms with Crippen molar-refractivity contribution in [1.82, 2.24) is 9.88 Å². The Hall–Kier alpha value is -3.08. The van der Waals surface area contributed by atoms with E-state index in [4.69, 9.17) is 0 Å². The number of nitrogens with zero attached hydrogens (tertiary/aromatic N) is 1. The summed E-state index contributed by atoms with van der Waals surface area (Å²) >= 11 is 0. The number of hydrogen-bond donors (Lipinski definition) is 2. The van der Waals surface area contributed by atoms with Crippen LogP contribution < -0.4 is 5.43 Å². The molecule has 0 bridgehead atoms. The Morgan fingerprint density at radius 1 is 1.08 bits per heavy atom. The van der Waals surface area contributed by atoms with Crippen molar-refractivity contribution in [1.29, 1.82) is 0 Å². The van der Waals surface area contributed by atoms with Gasteiger partial charge in [0.2, 0.25) is 0 Å². The lowest BCUT2D eigenvalue weighted by molar-refractivity contribution is 0.141. The molecule has 1 heterocycles. The second-order valence-corrected chi connectivity index (χ2v) is 6.40. The smallest absolute Gasteiger partial charge is 0.407 e. The highest BCUT2D eigenvalue weighted by atomic mass is 16.4. The zero-order valence-corrected chi connectivity index (χ0v) is 14.7. The number of fused-ring (bicyclic) bond motifs is 1. The molecule has 26 heavy (non-hydrogen) atoms. The Labute approximate surface area is 151 Å². The first-order valence-electron chi connectivity index (χ1n) is 8.68. The van der Waals surface area contributed by atoms with Crippen LogP contribution in [-0.4, -0.2) is 27.6 Å². The fraction of sp³-hybridized carbons (Fsp3) is 0.238. The SMILES string of the molecule is Cc1c(CN(CCCc2ccccc2)C(=O)O)[nH]c2ccccc2c1=O. The lowest BCUT2D eigenvalue weighted by atomic mass is 10.1. The number of rotatable bonds is 6. The summed E-state index contributed by atoms with van der Waals surface area (Å²) in [6.45, 7) is 2.33. The van der Waals surface area contributed by atoms with E-state index in [1.807, 2.05) is 48.5 Å². The van der Waals surface area contributed by atoms with Gasteiger partial charge in [0.05, 0.1) is 6.54 Å². The molecule has 134 valence electrons. The van der Waals surface area contributed by atoms with E-state index in [1.54, 1.807) is 13.0 Å². The molecule has 0 aliphatic carbocycles. The summed E-state index contributed by atoms with van der Waals surface area (Å²) in [6.07, 6.45) is 0.567. The fourth-order valence-electron chi connectivity index (χ4n) is 3.10. The van der Waals surface area contributed by atoms with Gasteiger partial charge in [-0.1, -0.05) is 42.5 Å². The summed E-state index contributed by atoms with van der Waals surface area (Å²) in [4.78, 5) is 28.7. The van der Waals surface area contributed by atoms with Crippen molar-refractivity contribution in [2.24, 2.45) is 0 Å². The van der Waals surface area contributed by atoms with Gasteiger partial charge in [0.25, 0.3) is 0 Å². The van der Waals surface area contributed by atoms with E-state index in [9.17, 15) is 14.7 Å². The molecule has 0 fully saturated rings. The number of aromatic amines is 1. The van der Waals surface area contributed by atoms with Gasteiger partial charge in [-0.15, -0.1) is 0 Å². The third kappa shape index (κ3) is 3.94. The summed E-state index contributed by atoms with van der Waals surface area (Å²) in [7, 11) is 0. The van der Waals surface area contributed by atoms with Crippen LogP contribution in [0.15, 0.2) is 59.4 Å². The molecule has 5 nitrogen and oxygen atoms in total. The molecule has 1 aromatic heterocycles. The number of carbonyl (C=O) groups is 1. The predicted molar refractivity (Wildman–Crippen MR) is 103 cm³/mol. The Morgan fingerprint density at radius 2 is 1.77 bits per heavy atom. The van der Waals surface area contributed by atoms with Gasteiger partial charge in [-0.05, 0) is 37.5 Å². The van der Waals surface area contributed by atoms with Crippen molar-refractivity contribution in [2.45, 2.75) is 26.3 Å². The minimum Gasteiger partial charge on any atom is -0.465 e. The van der Waals surface area contributed by atoms with Crippen LogP contribution in [0.4, 0.5) is 4.79 Å². The maximum absolute atomic E-state index is 12.5. The molecule has 0 radical (unpaired) electrons. The maximum atomic E-state index is 12.5. The van der Waals surface area contributed by atoms with Crippen molar-refractivity contribution in [3.8, 4) is 0 Å². The van der Waals surface area contributed by atoms with Crippen molar-refractivity contribution in [2.75, 3.05) is 6.54 Å². The summed E-state index contributed by atoms with van der Waals surface area (Å²) in [5.41, 5.74) is 3.08. The first-order chi connectivity index (χ1) is 12.6. The van der Waals surface area contributed by atoms with Crippen molar-refractivity contribution < 1.29 is 9.90 Å². The molecule has 3 rings (SSSR count). The minimum absolute atomic E-state index is 0.0519. The molecule has 0 atom stereocenters. The lowest BCUT2D eigenvalue weighted by Crippen LogP contribution is -2.31. The number of hydrogen-bond acceptors (Lipinski definition) is 2. The second-order valence-electron chi connectivity index (χ2n) is 6.40. The molecule has 0 aliphatic rings. The topological polar surface area (TPSA) is 73.4 Å². The molecule has 0 aliphatic heterocycles. The van der Waals surface area contributed by atoms with Crippen LogP contribution in [0.2, 0.25) is 0 Å². The number of benzene rings is 2. The van der Waals surface area contributed by atoms with Gasteiger partial charge in [0.15, 0.2) is 5.43 Å². The van der Waals surface area contributed by atoms with Crippen LogP contribution in [0, 0.1) is 6.92 Å². The van der Waals surface area contributed by atoms with E-state index in [1.165, 1.54) is 10.5 Å². The molecular formula is C21H22N2O3. The molecule has 5 heteroatoms. The van der Waals surface area contributed by atoms with Gasteiger partial charge in [0.1, 0.15) is 0 Å². The number of pyridine rings is 1. The standard InChI is InChI=1S/C21H22N2O3/c1-15-19(22-18-12-6-5-11-17(18)20(15)24)14-23(21(25)26)13-7-10-16-8-3-2-4-9-16/h2-6,8-9,11-12H,7,10,13-14H2,1H3,(H,22,24)(H,25,26). The van der Waals surface area contributed by atoms with Crippen LogP contribution in [0.25, 0.3) is 10.9 Å². The lowest BCUT2D eigenvalue weighted by Gasteiger charge is -2.20. The normalized spacial score (nSPS) is 10.8. The van der Waals surface area contributed by atoms with Gasteiger partial charge in [-0.3, -0.25) is 4.79 Å². The minimum atomic E-state index is -0.980. The zero-order valence-electron chi connectivity index (χ0n) is 14.7. The summed E-state index contributed by atoms with van der Waals surface area (Å²) < 4.78 is 0. The van der Waals surface area contributed by atoms with E-state index >= 15 is 0 Å². The van der Waals surface area contributed by atoms with Gasteiger partial charge in [0, 0.05) is 28.7 Å². The molecule has 0 saturated heterocycles. The Morgan fingerprint density at radius 3 is 2.50 bits per heavy atom. The van der Waals surface area contributed by atoms with Gasteiger partial charge >= 0.3 is 6.09 Å². The van der Waals surface area contributed by atoms with Crippen LogP contribution in [0.5, 0.6) is 0 Å². The first kappa shape index (κ1) is 17.7. The molecular weight excluding hydrogens is 328 g/mol. The number of para-hydroxylation sites is 1. The van der Waals surface area contributed by atoms with Gasteiger partial charge in [-0.25, -0.2) is 4.79 Å². The molecule has 0 unspecified atom stereocenters. The zero-order chi connectivity index (χ0) is 18.5. The predicted octanol–water partition coefficient (Wildman–Crippen LogP) is 3.95. The number of H-pyrrole nitrogens is 1. The monoisotopic (exact) mass is 350 g/mol. The largest absolute Gasteiger partial charge is 0.465 e. The Bertz CT molecular complexity index is 964. The number of nitrogens with one attached hydrogen (secondary N) is 1. The maximum Gasteiger partial charge on any atom is 0.407 e. The molecule has 1 amide bonds. The van der Waals surface area contributed by atoms with Gasteiger partial charge in [-0.2, -0.15) is 0 Å². The third-order valence-corrected chi connectivity index (χ3v) is 4.61. The highest BCUT2D eigenvalue weighted by Gasteiger charge is 2.16. The van der Waals surface area contributed by atoms with Crippen molar-refractivity contribution in [3.63, 3.8) is 0 Å². The third-order valence-electron chi connectivity index (χ3n) is 4.61. The summed E-state index contributed by atoms with van der Waals surface area (Å²) in [5, 5.41) is 10.2. The van der Waals surface area contributed by atoms with E-state index in [2.05, 4.69) is 4.98 Å². The first-order valence-corrected chi connectivity index (χ1v) is 8.68. The Balaban J connectivity index is 1.76. The number of aromatic nitrogens is 1. The van der Waals surface area contributed by atoms with E-state index in [0.717, 1.165) is 18.4 Å². The fourth-order valence-corrected chi connectivity index (χ4v) is 3.10. The molecule has 0 spiro atoms. The van der Waals surface area contributed by atoms with Gasteiger partial charge < -0.3 is 15.0 Å². The number of amides is 1. The quantitative estimate of drug-likeness (QED) is 0.707. The average molecular weight is 350 g/mol. The number of aryl methyl sites for hydroxylation is 1. The average Bonchev–Trinajstić information content (AvgIpc) is 2.65. The highest BCUT2D eigenvalue weighted by molar-refractivity contribution is 5.79. The number of carboxylic acid groups (broad SMARTS) is 1. The molecule has 3 aromatic rings. The Kier molecular flexibility index (Phi) is 5.37. The van der Waals surface area contributed by atoms with E-state index < -0.39 is 6.09 Å². The summed E-state index contributed by atoms with van der Waals surface area (Å²) in [5.74, 6) is 0. The van der Waals surface area contributed by atoms with Crippen LogP contribution in [-0.2, 0) is 13.0 Å². The molecule has 0 saturated carbocycles. The molecule has 2 aromatic carbocycles. The van der Waals surface area contributed by atoms with E-state index in [-0.39, 0.29) is 12.0 Å². The van der Waals surface area contributed by atoms with Crippen LogP contribution in [0.3, 0.4) is 0 Å². The second kappa shape index (κ2) is 7.87. The molecule has 2 N–H and O–H groups in total. The van der Waals surface area contributed by atoms with Crippen LogP contribution in [0.1, 0.15) is 23.2 Å². The van der Waals surface area contributed by atoms with Crippen LogP contribution >= 0.6 is 0 Å². The van der Waals surface area contributed by atoms with Crippen molar-refractivity contribution in [3.05, 3.63) is 81.6 Å². The van der Waals surface area contributed by atoms with Crippen molar-refractivity contribution >= 4 is 17.0 Å². The summed E-state index contributed by atoms with van der Waals surface area (Å²) in [6, 6.07) is 17.3.